The van der Waals surface area contributed by atoms with Crippen LogP contribution in [0.2, 0.25) is 0 Å². The molecule has 0 aromatic carbocycles. The fourth-order valence-corrected chi connectivity index (χ4v) is 1.32. The van der Waals surface area contributed by atoms with Gasteiger partial charge in [-0.1, -0.05) is 13.8 Å². The molecule has 6 heteroatoms. The van der Waals surface area contributed by atoms with Gasteiger partial charge < -0.3 is 4.74 Å². The van der Waals surface area contributed by atoms with E-state index in [1.54, 1.807) is 4.57 Å². The summed E-state index contributed by atoms with van der Waals surface area (Å²) in [5, 5.41) is 6.70. The molecule has 0 unspecified atom stereocenters. The van der Waals surface area contributed by atoms with Crippen molar-refractivity contribution in [1.82, 2.24) is 14.8 Å². The van der Waals surface area contributed by atoms with Gasteiger partial charge in [-0.3, -0.25) is 14.5 Å². The van der Waals surface area contributed by atoms with Gasteiger partial charge in [0.05, 0.1) is 7.11 Å². The van der Waals surface area contributed by atoms with Crippen LogP contribution < -0.4 is 0 Å². The summed E-state index contributed by atoms with van der Waals surface area (Å²) < 4.78 is 6.65. The van der Waals surface area contributed by atoms with Crippen molar-refractivity contribution in [1.29, 1.82) is 0 Å². The second-order valence-electron chi connectivity index (χ2n) is 3.20. The standard InChI is InChI=1S/C8H13N3O2S/c1-5(2)7-9-10-8(14)11(7)4-6(12)13-3/h5H,4H2,1-3H3,(H,10,14). The quantitative estimate of drug-likeness (QED) is 0.608. The Hall–Kier alpha value is -1.17. The summed E-state index contributed by atoms with van der Waals surface area (Å²) in [7, 11) is 1.35. The van der Waals surface area contributed by atoms with E-state index in [1.807, 2.05) is 13.8 Å². The number of ether oxygens (including phenoxy) is 1. The minimum atomic E-state index is -0.329. The van der Waals surface area contributed by atoms with E-state index < -0.39 is 0 Å². The molecule has 5 nitrogen and oxygen atoms in total. The molecule has 0 radical (unpaired) electrons. The lowest BCUT2D eigenvalue weighted by Crippen LogP contribution is -2.14. The Labute approximate surface area is 87.1 Å². The lowest BCUT2D eigenvalue weighted by molar-refractivity contribution is -0.141. The number of carbonyl (C=O) groups excluding carboxylic acids is 1. The number of hydrogen-bond donors (Lipinski definition) is 1. The number of H-pyrrole nitrogens is 1. The third-order valence-corrected chi connectivity index (χ3v) is 2.13. The number of aromatic nitrogens is 3. The van der Waals surface area contributed by atoms with Crippen molar-refractivity contribution in [3.63, 3.8) is 0 Å². The van der Waals surface area contributed by atoms with Crippen molar-refractivity contribution in [3.8, 4) is 0 Å². The molecule has 1 rings (SSSR count). The van der Waals surface area contributed by atoms with E-state index in [9.17, 15) is 4.79 Å². The Morgan fingerprint density at radius 1 is 1.71 bits per heavy atom. The minimum Gasteiger partial charge on any atom is -0.468 e. The average Bonchev–Trinajstić information content (AvgIpc) is 2.48. The maximum Gasteiger partial charge on any atom is 0.325 e. The SMILES string of the molecule is COC(=O)Cn1c(C(C)C)n[nH]c1=S. The van der Waals surface area contributed by atoms with Gasteiger partial charge in [0.1, 0.15) is 12.4 Å². The van der Waals surface area contributed by atoms with E-state index in [1.165, 1.54) is 7.11 Å². The van der Waals surface area contributed by atoms with E-state index in [0.717, 1.165) is 5.82 Å². The number of aromatic amines is 1. The Morgan fingerprint density at radius 3 is 2.86 bits per heavy atom. The third-order valence-electron chi connectivity index (χ3n) is 1.82. The number of rotatable bonds is 3. The molecule has 1 aromatic rings. The maximum absolute atomic E-state index is 11.1. The Bertz CT molecular complexity index is 380. The van der Waals surface area contributed by atoms with Gasteiger partial charge in [-0.15, -0.1) is 0 Å². The molecule has 0 aliphatic rings. The highest BCUT2D eigenvalue weighted by Crippen LogP contribution is 2.11. The van der Waals surface area contributed by atoms with Gasteiger partial charge in [0, 0.05) is 5.92 Å². The molecule has 0 spiro atoms. The van der Waals surface area contributed by atoms with Gasteiger partial charge in [0.25, 0.3) is 0 Å². The minimum absolute atomic E-state index is 0.110. The molecule has 0 atom stereocenters. The number of carbonyl (C=O) groups is 1. The zero-order chi connectivity index (χ0) is 10.7. The van der Waals surface area contributed by atoms with Gasteiger partial charge in [-0.25, -0.2) is 0 Å². The van der Waals surface area contributed by atoms with Crippen molar-refractivity contribution < 1.29 is 9.53 Å². The second-order valence-corrected chi connectivity index (χ2v) is 3.59. The van der Waals surface area contributed by atoms with Crippen LogP contribution in [0.15, 0.2) is 0 Å². The Kier molecular flexibility index (Phi) is 3.40. The van der Waals surface area contributed by atoms with Crippen molar-refractivity contribution >= 4 is 18.2 Å². The molecule has 1 N–H and O–H groups in total. The lowest BCUT2D eigenvalue weighted by Gasteiger charge is -2.07. The largest absolute Gasteiger partial charge is 0.468 e. The fourth-order valence-electron chi connectivity index (χ4n) is 1.12. The molecule has 0 aliphatic carbocycles. The van der Waals surface area contributed by atoms with Gasteiger partial charge in [0.2, 0.25) is 0 Å². The van der Waals surface area contributed by atoms with Crippen LogP contribution in [0.1, 0.15) is 25.6 Å². The summed E-state index contributed by atoms with van der Waals surface area (Å²) in [6.07, 6.45) is 0. The highest BCUT2D eigenvalue weighted by molar-refractivity contribution is 7.71. The van der Waals surface area contributed by atoms with E-state index in [4.69, 9.17) is 12.2 Å². The zero-order valence-electron chi connectivity index (χ0n) is 8.40. The molecule has 0 saturated heterocycles. The first-order chi connectivity index (χ1) is 6.56. The highest BCUT2D eigenvalue weighted by Gasteiger charge is 2.12. The predicted molar refractivity (Wildman–Crippen MR) is 53.5 cm³/mol. The normalized spacial score (nSPS) is 10.6. The van der Waals surface area contributed by atoms with Crippen molar-refractivity contribution in [2.75, 3.05) is 7.11 Å². The smallest absolute Gasteiger partial charge is 0.325 e. The number of methoxy groups -OCH3 is 1. The maximum atomic E-state index is 11.1. The van der Waals surface area contributed by atoms with E-state index in [2.05, 4.69) is 14.9 Å². The molecule has 0 aliphatic heterocycles. The molecule has 0 fully saturated rings. The number of nitrogens with zero attached hydrogens (tertiary/aromatic N) is 2. The Balaban J connectivity index is 3.00. The van der Waals surface area contributed by atoms with Crippen LogP contribution in [0.3, 0.4) is 0 Å². The Morgan fingerprint density at radius 2 is 2.36 bits per heavy atom. The summed E-state index contributed by atoms with van der Waals surface area (Å²) in [4.78, 5) is 11.1. The third kappa shape index (κ3) is 2.20. The van der Waals surface area contributed by atoms with Crippen LogP contribution in [-0.2, 0) is 16.1 Å². The summed E-state index contributed by atoms with van der Waals surface area (Å²) in [5.41, 5.74) is 0. The fraction of sp³-hybridized carbons (Fsp3) is 0.625. The molecule has 0 amide bonds. The lowest BCUT2D eigenvalue weighted by atomic mass is 10.2. The topological polar surface area (TPSA) is 59.9 Å². The van der Waals surface area contributed by atoms with Gasteiger partial charge in [0.15, 0.2) is 4.77 Å². The van der Waals surface area contributed by atoms with Crippen molar-refractivity contribution in [2.24, 2.45) is 0 Å². The second kappa shape index (κ2) is 4.36. The molecule has 0 saturated carbocycles. The first kappa shape index (κ1) is 10.9. The monoisotopic (exact) mass is 215 g/mol. The predicted octanol–water partition coefficient (Wildman–Crippen LogP) is 1.24. The molecule has 0 bridgehead atoms. The van der Waals surface area contributed by atoms with Crippen LogP contribution in [-0.4, -0.2) is 27.8 Å². The van der Waals surface area contributed by atoms with Crippen molar-refractivity contribution in [2.45, 2.75) is 26.3 Å². The first-order valence-electron chi connectivity index (χ1n) is 4.28. The van der Waals surface area contributed by atoms with Crippen LogP contribution in [0, 0.1) is 4.77 Å². The van der Waals surface area contributed by atoms with E-state index in [0.29, 0.717) is 4.77 Å². The average molecular weight is 215 g/mol. The highest BCUT2D eigenvalue weighted by atomic mass is 32.1. The molecule has 1 heterocycles. The molecular weight excluding hydrogens is 202 g/mol. The zero-order valence-corrected chi connectivity index (χ0v) is 9.22. The van der Waals surface area contributed by atoms with Crippen LogP contribution in [0.4, 0.5) is 0 Å². The number of nitrogens with one attached hydrogen (secondary N) is 1. The summed E-state index contributed by atoms with van der Waals surface area (Å²) >= 11 is 5.00. The molecule has 1 aromatic heterocycles. The summed E-state index contributed by atoms with van der Waals surface area (Å²) in [5.74, 6) is 0.650. The number of esters is 1. The van der Waals surface area contributed by atoms with Gasteiger partial charge >= 0.3 is 5.97 Å². The van der Waals surface area contributed by atoms with Crippen molar-refractivity contribution in [3.05, 3.63) is 10.6 Å². The summed E-state index contributed by atoms with van der Waals surface area (Å²) in [6, 6.07) is 0. The van der Waals surface area contributed by atoms with E-state index in [-0.39, 0.29) is 18.4 Å². The van der Waals surface area contributed by atoms with Crippen LogP contribution >= 0.6 is 12.2 Å². The number of hydrogen-bond acceptors (Lipinski definition) is 4. The molecule has 14 heavy (non-hydrogen) atoms. The van der Waals surface area contributed by atoms with Crippen LogP contribution in [0.25, 0.3) is 0 Å². The molecular formula is C8H13N3O2S. The summed E-state index contributed by atoms with van der Waals surface area (Å²) in [6.45, 7) is 4.08. The first-order valence-corrected chi connectivity index (χ1v) is 4.69. The van der Waals surface area contributed by atoms with Crippen LogP contribution in [0.5, 0.6) is 0 Å². The van der Waals surface area contributed by atoms with Gasteiger partial charge in [-0.2, -0.15) is 5.10 Å². The van der Waals surface area contributed by atoms with Gasteiger partial charge in [-0.05, 0) is 12.2 Å². The molecule has 78 valence electrons. The van der Waals surface area contributed by atoms with E-state index >= 15 is 0 Å².